The highest BCUT2D eigenvalue weighted by molar-refractivity contribution is 5.80. The van der Waals surface area contributed by atoms with Gasteiger partial charge in [-0.15, -0.1) is 0 Å². The Kier molecular flexibility index (Phi) is 6.73. The number of rotatable bonds is 5. The Labute approximate surface area is 147 Å². The predicted octanol–water partition coefficient (Wildman–Crippen LogP) is 2.23. The lowest BCUT2D eigenvalue weighted by molar-refractivity contribution is -0.119. The zero-order valence-corrected chi connectivity index (χ0v) is 14.8. The van der Waals surface area contributed by atoms with Crippen molar-refractivity contribution in [3.05, 3.63) is 35.4 Å². The fourth-order valence-electron chi connectivity index (χ4n) is 3.22. The van der Waals surface area contributed by atoms with Crippen LogP contribution in [0.25, 0.3) is 0 Å². The molecular weight excluding hydrogens is 326 g/mol. The number of primary amides is 1. The molecule has 2 rings (SSSR count). The number of nitrogens with one attached hydrogen (secondary N) is 1. The number of halogens is 2. The van der Waals surface area contributed by atoms with Crippen molar-refractivity contribution in [1.29, 1.82) is 0 Å². The Morgan fingerprint density at radius 2 is 2.20 bits per heavy atom. The van der Waals surface area contributed by atoms with Gasteiger partial charge in [-0.05, 0) is 42.4 Å². The lowest BCUT2D eigenvalue weighted by Gasteiger charge is -2.35. The van der Waals surface area contributed by atoms with Crippen LogP contribution in [0.3, 0.4) is 0 Å². The molecule has 0 aromatic heterocycles. The van der Waals surface area contributed by atoms with Crippen LogP contribution in [0, 0.1) is 17.6 Å². The van der Waals surface area contributed by atoms with Gasteiger partial charge in [0.15, 0.2) is 17.6 Å². The first kappa shape index (κ1) is 19.1. The topological polar surface area (TPSA) is 70.7 Å². The van der Waals surface area contributed by atoms with E-state index in [0.29, 0.717) is 13.0 Å². The molecule has 2 atom stereocenters. The van der Waals surface area contributed by atoms with Crippen LogP contribution in [0.1, 0.15) is 37.7 Å². The van der Waals surface area contributed by atoms with E-state index in [1.165, 1.54) is 6.07 Å². The molecule has 1 aliphatic rings. The van der Waals surface area contributed by atoms with Crippen molar-refractivity contribution in [3.63, 3.8) is 0 Å². The molecule has 5 nitrogen and oxygen atoms in total. The summed E-state index contributed by atoms with van der Waals surface area (Å²) in [6, 6.07) is 3.97. The summed E-state index contributed by atoms with van der Waals surface area (Å²) in [6.45, 7) is 4.10. The average molecular weight is 352 g/mol. The van der Waals surface area contributed by atoms with Crippen molar-refractivity contribution in [2.24, 2.45) is 16.6 Å². The van der Waals surface area contributed by atoms with Crippen molar-refractivity contribution in [2.45, 2.75) is 32.1 Å². The third kappa shape index (κ3) is 5.41. The molecule has 0 radical (unpaired) electrons. The van der Waals surface area contributed by atoms with Gasteiger partial charge in [0, 0.05) is 33.1 Å². The van der Waals surface area contributed by atoms with E-state index in [1.54, 1.807) is 13.1 Å². The van der Waals surface area contributed by atoms with Gasteiger partial charge in [-0.2, -0.15) is 0 Å². The Balaban J connectivity index is 1.93. The summed E-state index contributed by atoms with van der Waals surface area (Å²) in [5, 5.41) is 3.29. The summed E-state index contributed by atoms with van der Waals surface area (Å²) in [7, 11) is 1.71. The van der Waals surface area contributed by atoms with Crippen LogP contribution in [0.15, 0.2) is 23.2 Å². The zero-order valence-electron chi connectivity index (χ0n) is 14.8. The summed E-state index contributed by atoms with van der Waals surface area (Å²) >= 11 is 0. The Bertz CT molecular complexity index is 636. The average Bonchev–Trinajstić information content (AvgIpc) is 2.57. The zero-order chi connectivity index (χ0) is 18.4. The number of carbonyl (C=O) groups is 1. The largest absolute Gasteiger partial charge is 0.370 e. The van der Waals surface area contributed by atoms with E-state index in [9.17, 15) is 13.6 Å². The van der Waals surface area contributed by atoms with E-state index in [4.69, 9.17) is 5.73 Å². The highest BCUT2D eigenvalue weighted by atomic mass is 19.2. The number of piperidine rings is 1. The maximum Gasteiger partial charge on any atom is 0.217 e. The molecule has 2 unspecified atom stereocenters. The molecule has 1 aromatic carbocycles. The molecule has 1 saturated heterocycles. The number of benzene rings is 1. The lowest BCUT2D eigenvalue weighted by atomic mass is 9.95. The number of guanidine groups is 1. The van der Waals surface area contributed by atoms with Gasteiger partial charge in [0.2, 0.25) is 5.91 Å². The second kappa shape index (κ2) is 8.78. The van der Waals surface area contributed by atoms with E-state index in [2.05, 4.69) is 15.2 Å². The summed E-state index contributed by atoms with van der Waals surface area (Å²) < 4.78 is 26.4. The van der Waals surface area contributed by atoms with Crippen molar-refractivity contribution in [3.8, 4) is 0 Å². The van der Waals surface area contributed by atoms with Crippen LogP contribution in [-0.4, -0.2) is 43.4 Å². The van der Waals surface area contributed by atoms with Crippen LogP contribution in [0.5, 0.6) is 0 Å². The van der Waals surface area contributed by atoms with E-state index in [0.717, 1.165) is 43.5 Å². The number of hydrogen-bond donors (Lipinski definition) is 2. The minimum Gasteiger partial charge on any atom is -0.370 e. The van der Waals surface area contributed by atoms with Gasteiger partial charge in [-0.3, -0.25) is 9.79 Å². The van der Waals surface area contributed by atoms with Crippen molar-refractivity contribution in [1.82, 2.24) is 10.2 Å². The first-order valence-corrected chi connectivity index (χ1v) is 8.59. The first-order chi connectivity index (χ1) is 11.9. The molecular formula is C18H26F2N4O. The molecule has 1 aliphatic heterocycles. The van der Waals surface area contributed by atoms with Crippen LogP contribution in [-0.2, 0) is 4.79 Å². The fourth-order valence-corrected chi connectivity index (χ4v) is 3.22. The normalized spacial score (nSPS) is 19.6. The summed E-state index contributed by atoms with van der Waals surface area (Å²) in [5.41, 5.74) is 6.03. The fraction of sp³-hybridized carbons (Fsp3) is 0.556. The second-order valence-electron chi connectivity index (χ2n) is 6.63. The van der Waals surface area contributed by atoms with E-state index >= 15 is 0 Å². The van der Waals surface area contributed by atoms with Gasteiger partial charge in [0.05, 0.1) is 0 Å². The number of likely N-dealkylation sites (tertiary alicyclic amines) is 1. The third-order valence-electron chi connectivity index (χ3n) is 4.60. The number of hydrogen-bond acceptors (Lipinski definition) is 2. The van der Waals surface area contributed by atoms with Gasteiger partial charge in [0.1, 0.15) is 0 Å². The number of aliphatic imine (C=N–C) groups is 1. The monoisotopic (exact) mass is 352 g/mol. The third-order valence-corrected chi connectivity index (χ3v) is 4.60. The standard InChI is InChI=1S/C18H26F2N4O/c1-12(14-5-6-15(19)16(20)9-14)10-23-18(22-2)24-7-3-4-13(11-24)8-17(21)25/h5-6,9,12-13H,3-4,7-8,10-11H2,1-2H3,(H2,21,25)(H,22,23). The van der Waals surface area contributed by atoms with Gasteiger partial charge in [-0.1, -0.05) is 13.0 Å². The Morgan fingerprint density at radius 1 is 1.44 bits per heavy atom. The number of nitrogens with two attached hydrogens (primary N) is 1. The number of amides is 1. The molecule has 25 heavy (non-hydrogen) atoms. The van der Waals surface area contributed by atoms with Crippen LogP contribution >= 0.6 is 0 Å². The minimum atomic E-state index is -0.839. The van der Waals surface area contributed by atoms with Crippen LogP contribution in [0.4, 0.5) is 8.78 Å². The molecule has 0 bridgehead atoms. The summed E-state index contributed by atoms with van der Waals surface area (Å²) in [5.74, 6) is -0.954. The maximum atomic E-state index is 13.4. The SMILES string of the molecule is CN=C(NCC(C)c1ccc(F)c(F)c1)N1CCCC(CC(N)=O)C1. The first-order valence-electron chi connectivity index (χ1n) is 8.59. The molecule has 3 N–H and O–H groups in total. The Morgan fingerprint density at radius 3 is 2.84 bits per heavy atom. The molecule has 138 valence electrons. The highest BCUT2D eigenvalue weighted by Crippen LogP contribution is 2.20. The molecule has 1 heterocycles. The summed E-state index contributed by atoms with van der Waals surface area (Å²) in [6.07, 6.45) is 2.36. The molecule has 7 heteroatoms. The van der Waals surface area contributed by atoms with Gasteiger partial charge in [-0.25, -0.2) is 8.78 Å². The van der Waals surface area contributed by atoms with E-state index in [1.807, 2.05) is 6.92 Å². The highest BCUT2D eigenvalue weighted by Gasteiger charge is 2.23. The van der Waals surface area contributed by atoms with Gasteiger partial charge >= 0.3 is 0 Å². The van der Waals surface area contributed by atoms with Crippen LogP contribution < -0.4 is 11.1 Å². The molecule has 0 saturated carbocycles. The number of carbonyl (C=O) groups excluding carboxylic acids is 1. The molecule has 1 amide bonds. The van der Waals surface area contributed by atoms with Crippen molar-refractivity contribution < 1.29 is 13.6 Å². The summed E-state index contributed by atoms with van der Waals surface area (Å²) in [4.78, 5) is 17.6. The lowest BCUT2D eigenvalue weighted by Crippen LogP contribution is -2.47. The van der Waals surface area contributed by atoms with E-state index < -0.39 is 11.6 Å². The van der Waals surface area contributed by atoms with Crippen molar-refractivity contribution in [2.75, 3.05) is 26.7 Å². The molecule has 1 aromatic rings. The maximum absolute atomic E-state index is 13.4. The van der Waals surface area contributed by atoms with E-state index in [-0.39, 0.29) is 17.7 Å². The minimum absolute atomic E-state index is 0.00180. The Hall–Kier alpha value is -2.18. The van der Waals surface area contributed by atoms with Crippen LogP contribution in [0.2, 0.25) is 0 Å². The quantitative estimate of drug-likeness (QED) is 0.631. The predicted molar refractivity (Wildman–Crippen MR) is 94.2 cm³/mol. The molecule has 0 aliphatic carbocycles. The smallest absolute Gasteiger partial charge is 0.217 e. The van der Waals surface area contributed by atoms with Gasteiger partial charge < -0.3 is 16.0 Å². The molecule has 1 fully saturated rings. The second-order valence-corrected chi connectivity index (χ2v) is 6.63. The number of nitrogens with zero attached hydrogens (tertiary/aromatic N) is 2. The van der Waals surface area contributed by atoms with Crippen molar-refractivity contribution >= 4 is 11.9 Å². The van der Waals surface area contributed by atoms with Gasteiger partial charge in [0.25, 0.3) is 0 Å². The molecule has 0 spiro atoms.